The number of benzene rings is 1. The average Bonchev–Trinajstić information content (AvgIpc) is 2.77. The second-order valence-electron chi connectivity index (χ2n) is 5.88. The van der Waals surface area contributed by atoms with E-state index in [1.54, 1.807) is 0 Å². The number of halogens is 1. The predicted molar refractivity (Wildman–Crippen MR) is 79.2 cm³/mol. The van der Waals surface area contributed by atoms with Gasteiger partial charge >= 0.3 is 0 Å². The topological polar surface area (TPSA) is 43.8 Å². The van der Waals surface area contributed by atoms with Gasteiger partial charge in [-0.2, -0.15) is 0 Å². The lowest BCUT2D eigenvalue weighted by Crippen LogP contribution is -2.28. The molecule has 3 nitrogen and oxygen atoms in total. The van der Waals surface area contributed by atoms with E-state index in [2.05, 4.69) is 11.5 Å². The van der Waals surface area contributed by atoms with Gasteiger partial charge < -0.3 is 10.3 Å². The molecule has 0 radical (unpaired) electrons. The Hall–Kier alpha value is -1.42. The summed E-state index contributed by atoms with van der Waals surface area (Å²) in [6.07, 6.45) is 5.46. The van der Waals surface area contributed by atoms with Crippen LogP contribution in [0.3, 0.4) is 0 Å². The molecule has 1 aliphatic carbocycles. The van der Waals surface area contributed by atoms with Crippen LogP contribution in [0.1, 0.15) is 50.8 Å². The molecule has 1 aliphatic rings. The van der Waals surface area contributed by atoms with Crippen molar-refractivity contribution in [3.05, 3.63) is 29.8 Å². The molecular formula is C16H22FN3. The molecule has 0 amide bonds. The molecule has 1 saturated carbocycles. The van der Waals surface area contributed by atoms with Gasteiger partial charge in [0.15, 0.2) is 0 Å². The molecule has 1 aromatic carbocycles. The third-order valence-electron chi connectivity index (χ3n) is 4.27. The van der Waals surface area contributed by atoms with Gasteiger partial charge in [0.05, 0.1) is 11.0 Å². The zero-order valence-electron chi connectivity index (χ0n) is 12.0. The number of hydrogen-bond donors (Lipinski definition) is 1. The second-order valence-corrected chi connectivity index (χ2v) is 5.88. The van der Waals surface area contributed by atoms with Gasteiger partial charge in [-0.15, -0.1) is 0 Å². The summed E-state index contributed by atoms with van der Waals surface area (Å²) in [5.41, 5.74) is 7.92. The highest BCUT2D eigenvalue weighted by atomic mass is 19.1. The molecule has 108 valence electrons. The van der Waals surface area contributed by atoms with E-state index < -0.39 is 0 Å². The molecule has 2 N–H and O–H groups in total. The van der Waals surface area contributed by atoms with Crippen molar-refractivity contribution in [2.45, 2.75) is 57.5 Å². The minimum Gasteiger partial charge on any atom is -0.328 e. The third kappa shape index (κ3) is 2.44. The Kier molecular flexibility index (Phi) is 3.74. The van der Waals surface area contributed by atoms with Crippen molar-refractivity contribution in [2.24, 2.45) is 5.73 Å². The fraction of sp³-hybridized carbons (Fsp3) is 0.562. The van der Waals surface area contributed by atoms with Crippen LogP contribution in [-0.2, 0) is 6.54 Å². The zero-order valence-corrected chi connectivity index (χ0v) is 12.0. The van der Waals surface area contributed by atoms with E-state index in [9.17, 15) is 4.39 Å². The summed E-state index contributed by atoms with van der Waals surface area (Å²) in [5, 5.41) is 0. The minimum atomic E-state index is -0.217. The first kappa shape index (κ1) is 13.6. The van der Waals surface area contributed by atoms with Gasteiger partial charge in [-0.1, -0.05) is 13.3 Å². The highest BCUT2D eigenvalue weighted by Gasteiger charge is 2.25. The SMILES string of the molecule is CCCn1c(C2CCCC(N)C2)nc2cc(F)ccc21. The maximum atomic E-state index is 13.4. The van der Waals surface area contributed by atoms with Crippen molar-refractivity contribution in [1.82, 2.24) is 9.55 Å². The molecule has 1 fully saturated rings. The van der Waals surface area contributed by atoms with Crippen LogP contribution in [0, 0.1) is 5.82 Å². The Morgan fingerprint density at radius 3 is 3.00 bits per heavy atom. The van der Waals surface area contributed by atoms with Crippen LogP contribution in [0.15, 0.2) is 18.2 Å². The molecule has 2 unspecified atom stereocenters. The monoisotopic (exact) mass is 275 g/mol. The first-order chi connectivity index (χ1) is 9.69. The summed E-state index contributed by atoms with van der Waals surface area (Å²) in [5.74, 6) is 1.30. The molecule has 1 heterocycles. The van der Waals surface area contributed by atoms with Crippen LogP contribution in [0.25, 0.3) is 11.0 Å². The number of rotatable bonds is 3. The van der Waals surface area contributed by atoms with Crippen molar-refractivity contribution in [1.29, 1.82) is 0 Å². The van der Waals surface area contributed by atoms with E-state index >= 15 is 0 Å². The van der Waals surface area contributed by atoms with E-state index in [0.29, 0.717) is 5.92 Å². The van der Waals surface area contributed by atoms with Crippen LogP contribution in [0.4, 0.5) is 4.39 Å². The van der Waals surface area contributed by atoms with E-state index in [-0.39, 0.29) is 11.9 Å². The van der Waals surface area contributed by atoms with Crippen molar-refractivity contribution >= 4 is 11.0 Å². The maximum absolute atomic E-state index is 13.4. The molecule has 1 aromatic heterocycles. The van der Waals surface area contributed by atoms with Crippen LogP contribution < -0.4 is 5.73 Å². The van der Waals surface area contributed by atoms with Crippen LogP contribution in [0.5, 0.6) is 0 Å². The molecule has 3 rings (SSSR count). The first-order valence-electron chi connectivity index (χ1n) is 7.60. The number of hydrogen-bond acceptors (Lipinski definition) is 2. The third-order valence-corrected chi connectivity index (χ3v) is 4.27. The lowest BCUT2D eigenvalue weighted by Gasteiger charge is -2.26. The molecule has 2 aromatic rings. The van der Waals surface area contributed by atoms with Gasteiger partial charge in [-0.25, -0.2) is 9.37 Å². The smallest absolute Gasteiger partial charge is 0.125 e. The molecule has 20 heavy (non-hydrogen) atoms. The van der Waals surface area contributed by atoms with Gasteiger partial charge in [0.1, 0.15) is 11.6 Å². The van der Waals surface area contributed by atoms with Crippen LogP contribution in [0.2, 0.25) is 0 Å². The fourth-order valence-electron chi connectivity index (χ4n) is 3.35. The summed E-state index contributed by atoms with van der Waals surface area (Å²) in [6.45, 7) is 3.09. The van der Waals surface area contributed by atoms with Crippen LogP contribution >= 0.6 is 0 Å². The lowest BCUT2D eigenvalue weighted by atomic mass is 9.85. The van der Waals surface area contributed by atoms with E-state index in [1.807, 2.05) is 6.07 Å². The van der Waals surface area contributed by atoms with E-state index in [0.717, 1.165) is 55.5 Å². The summed E-state index contributed by atoms with van der Waals surface area (Å²) in [4.78, 5) is 4.72. The highest BCUT2D eigenvalue weighted by molar-refractivity contribution is 5.76. The summed E-state index contributed by atoms with van der Waals surface area (Å²) < 4.78 is 15.7. The molecule has 0 aliphatic heterocycles. The summed E-state index contributed by atoms with van der Waals surface area (Å²) in [7, 11) is 0. The molecule has 2 atom stereocenters. The van der Waals surface area contributed by atoms with Crippen molar-refractivity contribution in [3.63, 3.8) is 0 Å². The number of imidazole rings is 1. The minimum absolute atomic E-state index is 0.217. The quantitative estimate of drug-likeness (QED) is 0.930. The van der Waals surface area contributed by atoms with E-state index in [4.69, 9.17) is 10.7 Å². The van der Waals surface area contributed by atoms with Gasteiger partial charge in [-0.3, -0.25) is 0 Å². The Balaban J connectivity index is 2.06. The van der Waals surface area contributed by atoms with Crippen molar-refractivity contribution in [2.75, 3.05) is 0 Å². The number of nitrogens with two attached hydrogens (primary N) is 1. The van der Waals surface area contributed by atoms with Crippen molar-refractivity contribution in [3.8, 4) is 0 Å². The Morgan fingerprint density at radius 2 is 2.25 bits per heavy atom. The van der Waals surface area contributed by atoms with Gasteiger partial charge in [0, 0.05) is 24.6 Å². The molecular weight excluding hydrogens is 253 g/mol. The largest absolute Gasteiger partial charge is 0.328 e. The van der Waals surface area contributed by atoms with Crippen LogP contribution in [-0.4, -0.2) is 15.6 Å². The average molecular weight is 275 g/mol. The summed E-state index contributed by atoms with van der Waals surface area (Å²) in [6, 6.07) is 5.18. The lowest BCUT2D eigenvalue weighted by molar-refractivity contribution is 0.374. The molecule has 0 spiro atoms. The number of aryl methyl sites for hydroxylation is 1. The molecule has 0 saturated heterocycles. The van der Waals surface area contributed by atoms with Crippen molar-refractivity contribution < 1.29 is 4.39 Å². The highest BCUT2D eigenvalue weighted by Crippen LogP contribution is 2.33. The summed E-state index contributed by atoms with van der Waals surface area (Å²) >= 11 is 0. The van der Waals surface area contributed by atoms with Gasteiger partial charge in [-0.05, 0) is 37.8 Å². The van der Waals surface area contributed by atoms with Gasteiger partial charge in [0.2, 0.25) is 0 Å². The first-order valence-corrected chi connectivity index (χ1v) is 7.60. The second kappa shape index (κ2) is 5.52. The molecule has 4 heteroatoms. The van der Waals surface area contributed by atoms with E-state index in [1.165, 1.54) is 12.1 Å². The predicted octanol–water partition coefficient (Wildman–Crippen LogP) is 3.57. The fourth-order valence-corrected chi connectivity index (χ4v) is 3.35. The number of fused-ring (bicyclic) bond motifs is 1. The Bertz CT molecular complexity index is 605. The van der Waals surface area contributed by atoms with Gasteiger partial charge in [0.25, 0.3) is 0 Å². The number of nitrogens with zero attached hydrogens (tertiary/aromatic N) is 2. The Morgan fingerprint density at radius 1 is 1.40 bits per heavy atom. The molecule has 0 bridgehead atoms. The Labute approximate surface area is 119 Å². The number of aromatic nitrogens is 2. The standard InChI is InChI=1S/C16H22FN3/c1-2-8-20-15-7-6-12(17)10-14(15)19-16(20)11-4-3-5-13(18)9-11/h6-7,10-11,13H,2-5,8-9,18H2,1H3. The maximum Gasteiger partial charge on any atom is 0.125 e. The zero-order chi connectivity index (χ0) is 14.1. The normalized spacial score (nSPS) is 23.4.